The molecule has 0 saturated heterocycles. The molecule has 0 aliphatic carbocycles. The molecule has 0 fully saturated rings. The van der Waals surface area contributed by atoms with Crippen molar-refractivity contribution in [2.75, 3.05) is 30.5 Å². The van der Waals surface area contributed by atoms with Crippen molar-refractivity contribution >= 4 is 17.4 Å². The van der Waals surface area contributed by atoms with Crippen LogP contribution in [0.4, 0.5) is 18.9 Å². The van der Waals surface area contributed by atoms with E-state index in [9.17, 15) is 13.2 Å². The number of hydrogen-bond donors (Lipinski definition) is 1. The largest absolute Gasteiger partial charge is 0.418 e. The molecule has 0 radical (unpaired) electrons. The Kier molecular flexibility index (Phi) is 5.34. The summed E-state index contributed by atoms with van der Waals surface area (Å²) in [6.45, 7) is 0.153. The highest BCUT2D eigenvalue weighted by atomic mass is 32.2. The van der Waals surface area contributed by atoms with Crippen molar-refractivity contribution in [2.24, 2.45) is 0 Å². The lowest BCUT2D eigenvalue weighted by Gasteiger charge is -2.23. The van der Waals surface area contributed by atoms with E-state index in [4.69, 9.17) is 5.11 Å². The summed E-state index contributed by atoms with van der Waals surface area (Å²) in [7, 11) is 1.64. The summed E-state index contributed by atoms with van der Waals surface area (Å²) in [4.78, 5) is 1.58. The second-order valence-electron chi connectivity index (χ2n) is 3.92. The third-order valence-corrected chi connectivity index (χ3v) is 3.18. The van der Waals surface area contributed by atoms with Crippen LogP contribution < -0.4 is 4.90 Å². The molecule has 0 aromatic heterocycles. The Morgan fingerprint density at radius 3 is 2.50 bits per heavy atom. The van der Waals surface area contributed by atoms with Crippen molar-refractivity contribution < 1.29 is 18.3 Å². The van der Waals surface area contributed by atoms with Gasteiger partial charge in [-0.05, 0) is 24.0 Å². The minimum atomic E-state index is -4.41. The SMILES string of the molecule is CSCCN(C)c1ccc(CO)cc1C(F)(F)F. The molecule has 2 nitrogen and oxygen atoms in total. The summed E-state index contributed by atoms with van der Waals surface area (Å²) in [6, 6.07) is 3.93. The summed E-state index contributed by atoms with van der Waals surface area (Å²) < 4.78 is 38.8. The topological polar surface area (TPSA) is 23.5 Å². The number of anilines is 1. The Morgan fingerprint density at radius 2 is 2.00 bits per heavy atom. The number of nitrogens with zero attached hydrogens (tertiary/aromatic N) is 1. The molecule has 0 heterocycles. The third kappa shape index (κ3) is 3.81. The number of alkyl halides is 3. The van der Waals surface area contributed by atoms with Gasteiger partial charge in [-0.25, -0.2) is 0 Å². The van der Waals surface area contributed by atoms with Crippen LogP contribution in [0.15, 0.2) is 18.2 Å². The molecule has 0 spiro atoms. The Balaban J connectivity index is 3.10. The first-order chi connectivity index (χ1) is 8.40. The number of benzene rings is 1. The fourth-order valence-corrected chi connectivity index (χ4v) is 2.05. The summed E-state index contributed by atoms with van der Waals surface area (Å²) >= 11 is 1.58. The summed E-state index contributed by atoms with van der Waals surface area (Å²) in [5.74, 6) is 0.759. The molecule has 0 bridgehead atoms. The van der Waals surface area contributed by atoms with E-state index in [1.165, 1.54) is 12.1 Å². The maximum absolute atomic E-state index is 12.9. The Labute approximate surface area is 109 Å². The van der Waals surface area contributed by atoms with Crippen LogP contribution in [0.2, 0.25) is 0 Å². The summed E-state index contributed by atoms with van der Waals surface area (Å²) in [5, 5.41) is 8.91. The van der Waals surface area contributed by atoms with Crippen LogP contribution in [-0.4, -0.2) is 30.7 Å². The molecule has 1 N–H and O–H groups in total. The van der Waals surface area contributed by atoms with E-state index in [1.807, 2.05) is 6.26 Å². The first-order valence-corrected chi connectivity index (χ1v) is 6.80. The summed E-state index contributed by atoms with van der Waals surface area (Å²) in [6.07, 6.45) is -2.50. The smallest absolute Gasteiger partial charge is 0.392 e. The minimum absolute atomic E-state index is 0.147. The molecule has 0 amide bonds. The minimum Gasteiger partial charge on any atom is -0.392 e. The molecule has 0 aliphatic heterocycles. The van der Waals surface area contributed by atoms with Crippen LogP contribution in [0.1, 0.15) is 11.1 Å². The average Bonchev–Trinajstić information content (AvgIpc) is 2.34. The molecule has 102 valence electrons. The number of aliphatic hydroxyl groups excluding tert-OH is 1. The molecular weight excluding hydrogens is 263 g/mol. The van der Waals surface area contributed by atoms with Gasteiger partial charge in [0, 0.05) is 25.0 Å². The zero-order valence-corrected chi connectivity index (χ0v) is 11.1. The van der Waals surface area contributed by atoms with Gasteiger partial charge in [-0.2, -0.15) is 24.9 Å². The fourth-order valence-electron chi connectivity index (χ4n) is 1.59. The van der Waals surface area contributed by atoms with E-state index >= 15 is 0 Å². The molecule has 0 saturated carbocycles. The number of halogens is 3. The maximum atomic E-state index is 12.9. The molecule has 1 aromatic rings. The molecule has 0 aliphatic rings. The quantitative estimate of drug-likeness (QED) is 0.896. The van der Waals surface area contributed by atoms with Gasteiger partial charge in [0.25, 0.3) is 0 Å². The lowest BCUT2D eigenvalue weighted by molar-refractivity contribution is -0.137. The second kappa shape index (κ2) is 6.33. The van der Waals surface area contributed by atoms with Gasteiger partial charge in [0.15, 0.2) is 0 Å². The molecule has 18 heavy (non-hydrogen) atoms. The van der Waals surface area contributed by atoms with E-state index < -0.39 is 18.3 Å². The summed E-state index contributed by atoms with van der Waals surface area (Å²) in [5.41, 5.74) is -0.282. The van der Waals surface area contributed by atoms with Crippen LogP contribution in [-0.2, 0) is 12.8 Å². The first-order valence-electron chi connectivity index (χ1n) is 5.41. The van der Waals surface area contributed by atoms with Gasteiger partial charge in [0.1, 0.15) is 0 Å². The highest BCUT2D eigenvalue weighted by molar-refractivity contribution is 7.98. The Morgan fingerprint density at radius 1 is 1.33 bits per heavy atom. The van der Waals surface area contributed by atoms with Gasteiger partial charge in [0.05, 0.1) is 12.2 Å². The van der Waals surface area contributed by atoms with Crippen molar-refractivity contribution in [1.29, 1.82) is 0 Å². The van der Waals surface area contributed by atoms with Crippen molar-refractivity contribution in [2.45, 2.75) is 12.8 Å². The predicted octanol–water partition coefficient (Wildman–Crippen LogP) is 3.00. The molecular formula is C12H16F3NOS. The van der Waals surface area contributed by atoms with E-state index in [1.54, 1.807) is 23.7 Å². The molecule has 1 rings (SSSR count). The standard InChI is InChI=1S/C12H16F3NOS/c1-16(5-6-18-2)11-4-3-9(8-17)7-10(11)12(13,14)15/h3-4,7,17H,5-6,8H2,1-2H3. The molecule has 1 aromatic carbocycles. The van der Waals surface area contributed by atoms with E-state index in [2.05, 4.69) is 0 Å². The highest BCUT2D eigenvalue weighted by Crippen LogP contribution is 2.37. The number of aliphatic hydroxyl groups is 1. The van der Waals surface area contributed by atoms with Crippen LogP contribution in [0.5, 0.6) is 0 Å². The van der Waals surface area contributed by atoms with Gasteiger partial charge >= 0.3 is 6.18 Å². The maximum Gasteiger partial charge on any atom is 0.418 e. The number of hydrogen-bond acceptors (Lipinski definition) is 3. The van der Waals surface area contributed by atoms with Gasteiger partial charge in [0.2, 0.25) is 0 Å². The van der Waals surface area contributed by atoms with Crippen molar-refractivity contribution in [3.63, 3.8) is 0 Å². The van der Waals surface area contributed by atoms with Gasteiger partial charge in [-0.3, -0.25) is 0 Å². The molecule has 0 unspecified atom stereocenters. The Bertz CT molecular complexity index is 395. The zero-order chi connectivity index (χ0) is 13.8. The van der Waals surface area contributed by atoms with E-state index in [-0.39, 0.29) is 11.3 Å². The molecule has 6 heteroatoms. The van der Waals surface area contributed by atoms with Crippen molar-refractivity contribution in [3.05, 3.63) is 29.3 Å². The van der Waals surface area contributed by atoms with Gasteiger partial charge < -0.3 is 10.0 Å². The van der Waals surface area contributed by atoms with E-state index in [0.717, 1.165) is 11.8 Å². The lowest BCUT2D eigenvalue weighted by atomic mass is 10.1. The Hall–Kier alpha value is -0.880. The average molecular weight is 279 g/mol. The normalized spacial score (nSPS) is 11.7. The lowest BCUT2D eigenvalue weighted by Crippen LogP contribution is -2.24. The van der Waals surface area contributed by atoms with Crippen molar-refractivity contribution in [1.82, 2.24) is 0 Å². The van der Waals surface area contributed by atoms with Gasteiger partial charge in [-0.15, -0.1) is 0 Å². The van der Waals surface area contributed by atoms with Crippen molar-refractivity contribution in [3.8, 4) is 0 Å². The number of rotatable bonds is 5. The highest BCUT2D eigenvalue weighted by Gasteiger charge is 2.34. The van der Waals surface area contributed by atoms with Crippen LogP contribution in [0.3, 0.4) is 0 Å². The number of thioether (sulfide) groups is 1. The van der Waals surface area contributed by atoms with E-state index in [0.29, 0.717) is 6.54 Å². The predicted molar refractivity (Wildman–Crippen MR) is 69.0 cm³/mol. The van der Waals surface area contributed by atoms with Gasteiger partial charge in [-0.1, -0.05) is 6.07 Å². The van der Waals surface area contributed by atoms with Crippen LogP contribution in [0.25, 0.3) is 0 Å². The molecule has 0 atom stereocenters. The van der Waals surface area contributed by atoms with Crippen LogP contribution in [0, 0.1) is 0 Å². The first kappa shape index (κ1) is 15.2. The monoisotopic (exact) mass is 279 g/mol. The third-order valence-electron chi connectivity index (χ3n) is 2.59. The van der Waals surface area contributed by atoms with Crippen LogP contribution >= 0.6 is 11.8 Å². The zero-order valence-electron chi connectivity index (χ0n) is 10.3. The fraction of sp³-hybridized carbons (Fsp3) is 0.500. The second-order valence-corrected chi connectivity index (χ2v) is 4.91.